The maximum absolute atomic E-state index is 13.1. The van der Waals surface area contributed by atoms with Crippen LogP contribution in [-0.4, -0.2) is 52.3 Å². The van der Waals surface area contributed by atoms with E-state index in [1.807, 2.05) is 31.2 Å². The third kappa shape index (κ3) is 5.42. The SMILES string of the molecule is COc1cc(OC)c(Cc2ccc(C(=O)N(C)C(C)Cc3ccccc3OC)o2)c(OC)c1. The molecule has 1 unspecified atom stereocenters. The summed E-state index contributed by atoms with van der Waals surface area (Å²) < 4.78 is 27.7. The van der Waals surface area contributed by atoms with Crippen LogP contribution in [0, 0.1) is 0 Å². The molecule has 0 N–H and O–H groups in total. The molecule has 0 aliphatic rings. The summed E-state index contributed by atoms with van der Waals surface area (Å²) in [7, 11) is 8.19. The van der Waals surface area contributed by atoms with Gasteiger partial charge in [-0.05, 0) is 37.1 Å². The second-order valence-corrected chi connectivity index (χ2v) is 7.73. The molecule has 7 nitrogen and oxygen atoms in total. The van der Waals surface area contributed by atoms with Crippen LogP contribution in [0.1, 0.15) is 34.4 Å². The van der Waals surface area contributed by atoms with E-state index in [4.69, 9.17) is 23.4 Å². The molecule has 0 spiro atoms. The van der Waals surface area contributed by atoms with Crippen molar-refractivity contribution in [2.45, 2.75) is 25.8 Å². The molecule has 7 heteroatoms. The first-order valence-electron chi connectivity index (χ1n) is 10.7. The lowest BCUT2D eigenvalue weighted by Crippen LogP contribution is -2.36. The summed E-state index contributed by atoms with van der Waals surface area (Å²) >= 11 is 0. The average Bonchev–Trinajstić information content (AvgIpc) is 3.31. The highest BCUT2D eigenvalue weighted by atomic mass is 16.5. The van der Waals surface area contributed by atoms with Gasteiger partial charge in [-0.25, -0.2) is 0 Å². The zero-order chi connectivity index (χ0) is 24.0. The molecule has 1 heterocycles. The van der Waals surface area contributed by atoms with Crippen LogP contribution >= 0.6 is 0 Å². The van der Waals surface area contributed by atoms with Crippen LogP contribution in [-0.2, 0) is 12.8 Å². The Morgan fingerprint density at radius 1 is 0.909 bits per heavy atom. The van der Waals surface area contributed by atoms with Crippen LogP contribution < -0.4 is 18.9 Å². The Bertz CT molecular complexity index is 1060. The smallest absolute Gasteiger partial charge is 0.289 e. The maximum atomic E-state index is 13.1. The summed E-state index contributed by atoms with van der Waals surface area (Å²) in [4.78, 5) is 14.7. The standard InChI is InChI=1S/C26H31NO6/c1-17(13-18-9-7-8-10-22(18)30-4)27(2)26(28)23-12-11-19(33-23)14-21-24(31-5)15-20(29-3)16-25(21)32-6/h7-12,15-17H,13-14H2,1-6H3. The second kappa shape index (κ2) is 10.8. The first-order chi connectivity index (χ1) is 15.9. The molecule has 33 heavy (non-hydrogen) atoms. The fourth-order valence-electron chi connectivity index (χ4n) is 3.71. The zero-order valence-electron chi connectivity index (χ0n) is 20.0. The van der Waals surface area contributed by atoms with Gasteiger partial charge in [-0.1, -0.05) is 18.2 Å². The predicted octanol–water partition coefficient (Wildman–Crippen LogP) is 4.61. The predicted molar refractivity (Wildman–Crippen MR) is 126 cm³/mol. The highest BCUT2D eigenvalue weighted by Gasteiger charge is 2.23. The fourth-order valence-corrected chi connectivity index (χ4v) is 3.71. The van der Waals surface area contributed by atoms with Gasteiger partial charge in [-0.2, -0.15) is 0 Å². The summed E-state index contributed by atoms with van der Waals surface area (Å²) in [5, 5.41) is 0. The molecule has 3 rings (SSSR count). The summed E-state index contributed by atoms with van der Waals surface area (Å²) in [6.45, 7) is 2.00. The van der Waals surface area contributed by atoms with Crippen LogP contribution in [0.2, 0.25) is 0 Å². The van der Waals surface area contributed by atoms with Gasteiger partial charge in [0, 0.05) is 37.2 Å². The Labute approximate surface area is 194 Å². The van der Waals surface area contributed by atoms with Crippen molar-refractivity contribution in [3.8, 4) is 23.0 Å². The number of carbonyl (C=O) groups is 1. The van der Waals surface area contributed by atoms with E-state index in [0.29, 0.717) is 35.9 Å². The average molecular weight is 454 g/mol. The van der Waals surface area contributed by atoms with Gasteiger partial charge in [0.1, 0.15) is 28.8 Å². The first kappa shape index (κ1) is 24.0. The molecule has 0 aliphatic carbocycles. The highest BCUT2D eigenvalue weighted by molar-refractivity contribution is 5.91. The molecule has 0 saturated carbocycles. The lowest BCUT2D eigenvalue weighted by molar-refractivity contribution is 0.0709. The van der Waals surface area contributed by atoms with Crippen LogP contribution in [0.5, 0.6) is 23.0 Å². The molecule has 1 amide bonds. The van der Waals surface area contributed by atoms with Crippen molar-refractivity contribution in [1.29, 1.82) is 0 Å². The molecule has 176 valence electrons. The number of hydrogen-bond donors (Lipinski definition) is 0. The lowest BCUT2D eigenvalue weighted by Gasteiger charge is -2.24. The topological polar surface area (TPSA) is 70.4 Å². The van der Waals surface area contributed by atoms with E-state index >= 15 is 0 Å². The molecule has 0 saturated heterocycles. The van der Waals surface area contributed by atoms with E-state index < -0.39 is 0 Å². The Morgan fingerprint density at radius 2 is 1.55 bits per heavy atom. The van der Waals surface area contributed by atoms with E-state index in [-0.39, 0.29) is 17.7 Å². The molecule has 3 aromatic rings. The largest absolute Gasteiger partial charge is 0.496 e. The number of hydrogen-bond acceptors (Lipinski definition) is 6. The minimum Gasteiger partial charge on any atom is -0.496 e. The number of para-hydroxylation sites is 1. The molecule has 0 bridgehead atoms. The summed E-state index contributed by atoms with van der Waals surface area (Å²) in [5.74, 6) is 3.42. The number of rotatable bonds is 10. The Kier molecular flexibility index (Phi) is 7.87. The molecule has 0 aliphatic heterocycles. The monoisotopic (exact) mass is 453 g/mol. The third-order valence-electron chi connectivity index (χ3n) is 5.73. The number of likely N-dealkylation sites (N-methyl/N-ethyl adjacent to an activating group) is 1. The van der Waals surface area contributed by atoms with Crippen LogP contribution in [0.25, 0.3) is 0 Å². The number of ether oxygens (including phenoxy) is 4. The minimum absolute atomic E-state index is 0.0517. The number of amides is 1. The lowest BCUT2D eigenvalue weighted by atomic mass is 10.0. The number of nitrogens with zero attached hydrogens (tertiary/aromatic N) is 1. The molecule has 2 aromatic carbocycles. The van der Waals surface area contributed by atoms with Crippen molar-refractivity contribution in [2.75, 3.05) is 35.5 Å². The molecule has 0 fully saturated rings. The van der Waals surface area contributed by atoms with Crippen molar-refractivity contribution in [2.24, 2.45) is 0 Å². The van der Waals surface area contributed by atoms with Gasteiger partial charge in [0.05, 0.1) is 28.4 Å². The van der Waals surface area contributed by atoms with Crippen LogP contribution in [0.3, 0.4) is 0 Å². The van der Waals surface area contributed by atoms with E-state index in [1.165, 1.54) is 0 Å². The van der Waals surface area contributed by atoms with Crippen molar-refractivity contribution in [1.82, 2.24) is 4.90 Å². The highest BCUT2D eigenvalue weighted by Crippen LogP contribution is 2.36. The molecule has 0 radical (unpaired) electrons. The molecule has 1 atom stereocenters. The van der Waals surface area contributed by atoms with Gasteiger partial charge in [0.15, 0.2) is 5.76 Å². The fraction of sp³-hybridized carbons (Fsp3) is 0.346. The first-order valence-corrected chi connectivity index (χ1v) is 10.7. The second-order valence-electron chi connectivity index (χ2n) is 7.73. The van der Waals surface area contributed by atoms with Crippen LogP contribution in [0.4, 0.5) is 0 Å². The van der Waals surface area contributed by atoms with Gasteiger partial charge in [0.25, 0.3) is 5.91 Å². The zero-order valence-corrected chi connectivity index (χ0v) is 20.0. The van der Waals surface area contributed by atoms with Gasteiger partial charge in [-0.15, -0.1) is 0 Å². The number of furan rings is 1. The van der Waals surface area contributed by atoms with Crippen molar-refractivity contribution < 1.29 is 28.2 Å². The maximum Gasteiger partial charge on any atom is 0.289 e. The van der Waals surface area contributed by atoms with Gasteiger partial charge >= 0.3 is 0 Å². The summed E-state index contributed by atoms with van der Waals surface area (Å²) in [5.41, 5.74) is 1.86. The summed E-state index contributed by atoms with van der Waals surface area (Å²) in [6, 6.07) is 14.9. The third-order valence-corrected chi connectivity index (χ3v) is 5.73. The van der Waals surface area contributed by atoms with E-state index in [1.54, 1.807) is 64.7 Å². The number of methoxy groups -OCH3 is 4. The molecular formula is C26H31NO6. The Balaban J connectivity index is 1.75. The summed E-state index contributed by atoms with van der Waals surface area (Å²) in [6.07, 6.45) is 1.07. The Morgan fingerprint density at radius 3 is 2.15 bits per heavy atom. The van der Waals surface area contributed by atoms with Gasteiger partial charge in [-0.3, -0.25) is 4.79 Å². The molecular weight excluding hydrogens is 422 g/mol. The van der Waals surface area contributed by atoms with E-state index in [9.17, 15) is 4.79 Å². The van der Waals surface area contributed by atoms with Crippen molar-refractivity contribution in [3.05, 3.63) is 71.2 Å². The number of benzene rings is 2. The van der Waals surface area contributed by atoms with Crippen LogP contribution in [0.15, 0.2) is 52.9 Å². The van der Waals surface area contributed by atoms with E-state index in [2.05, 4.69) is 0 Å². The minimum atomic E-state index is -0.183. The quantitative estimate of drug-likeness (QED) is 0.447. The van der Waals surface area contributed by atoms with Crippen molar-refractivity contribution in [3.63, 3.8) is 0 Å². The van der Waals surface area contributed by atoms with Gasteiger partial charge in [0.2, 0.25) is 0 Å². The number of carbonyl (C=O) groups excluding carboxylic acids is 1. The van der Waals surface area contributed by atoms with Gasteiger partial charge < -0.3 is 28.3 Å². The normalized spacial score (nSPS) is 11.6. The molecule has 1 aromatic heterocycles. The Hall–Kier alpha value is -3.61. The van der Waals surface area contributed by atoms with E-state index in [0.717, 1.165) is 16.9 Å². The van der Waals surface area contributed by atoms with Crippen molar-refractivity contribution >= 4 is 5.91 Å².